The van der Waals surface area contributed by atoms with Crippen LogP contribution in [0.25, 0.3) is 0 Å². The first kappa shape index (κ1) is 16.9. The Morgan fingerprint density at radius 1 is 1.40 bits per heavy atom. The third kappa shape index (κ3) is 5.88. The van der Waals surface area contributed by atoms with Crippen molar-refractivity contribution in [1.82, 2.24) is 15.5 Å². The molecule has 2 unspecified atom stereocenters. The van der Waals surface area contributed by atoms with Gasteiger partial charge in [0.15, 0.2) is 0 Å². The molecule has 20 heavy (non-hydrogen) atoms. The first-order valence-corrected chi connectivity index (χ1v) is 7.21. The average Bonchev–Trinajstić information content (AvgIpc) is 2.37. The molecule has 0 aromatic carbocycles. The van der Waals surface area contributed by atoms with E-state index in [1.54, 1.807) is 14.1 Å². The van der Waals surface area contributed by atoms with E-state index in [2.05, 4.69) is 10.6 Å². The second-order valence-corrected chi connectivity index (χ2v) is 5.91. The molecule has 1 aliphatic heterocycles. The lowest BCUT2D eigenvalue weighted by Crippen LogP contribution is -2.50. The van der Waals surface area contributed by atoms with Crippen molar-refractivity contribution in [3.63, 3.8) is 0 Å². The number of ether oxygens (including phenoxy) is 1. The van der Waals surface area contributed by atoms with E-state index in [0.29, 0.717) is 32.0 Å². The van der Waals surface area contributed by atoms with Gasteiger partial charge in [-0.15, -0.1) is 0 Å². The minimum atomic E-state index is -0.443. The summed E-state index contributed by atoms with van der Waals surface area (Å²) in [6, 6.07) is -0.403. The molecule has 0 saturated carbocycles. The van der Waals surface area contributed by atoms with E-state index >= 15 is 0 Å². The number of hydrogen-bond donors (Lipinski definition) is 2. The molecule has 0 aliphatic carbocycles. The average molecular weight is 285 g/mol. The quantitative estimate of drug-likeness (QED) is 0.720. The largest absolute Gasteiger partial charge is 0.378 e. The van der Waals surface area contributed by atoms with Crippen LogP contribution in [0.15, 0.2) is 0 Å². The van der Waals surface area contributed by atoms with Crippen LogP contribution in [-0.4, -0.2) is 62.7 Å². The van der Waals surface area contributed by atoms with Crippen molar-refractivity contribution in [1.29, 1.82) is 0 Å². The fourth-order valence-electron chi connectivity index (χ4n) is 2.23. The first-order chi connectivity index (χ1) is 9.40. The van der Waals surface area contributed by atoms with Crippen LogP contribution in [0.3, 0.4) is 0 Å². The zero-order chi connectivity index (χ0) is 15.1. The highest BCUT2D eigenvalue weighted by Gasteiger charge is 2.25. The Morgan fingerprint density at radius 3 is 2.60 bits per heavy atom. The molecule has 1 rings (SSSR count). The van der Waals surface area contributed by atoms with Crippen LogP contribution in [0.4, 0.5) is 0 Å². The van der Waals surface area contributed by atoms with Crippen molar-refractivity contribution in [2.75, 3.05) is 33.9 Å². The summed E-state index contributed by atoms with van der Waals surface area (Å²) in [6.07, 6.45) is 0.993. The van der Waals surface area contributed by atoms with Crippen LogP contribution in [0, 0.1) is 5.92 Å². The fourth-order valence-corrected chi connectivity index (χ4v) is 2.23. The van der Waals surface area contributed by atoms with Crippen LogP contribution in [0.5, 0.6) is 0 Å². The third-order valence-corrected chi connectivity index (χ3v) is 3.21. The smallest absolute Gasteiger partial charge is 0.244 e. The standard InChI is InChI=1S/C14H27N3O3/c1-10(2)7-12(14(19)17(3)4)16-13(18)8-11-9-20-6-5-15-11/h10-12,15H,5-9H2,1-4H3,(H,16,18). The third-order valence-electron chi connectivity index (χ3n) is 3.21. The minimum Gasteiger partial charge on any atom is -0.378 e. The van der Waals surface area contributed by atoms with Crippen LogP contribution in [-0.2, 0) is 14.3 Å². The second kappa shape index (κ2) is 8.21. The monoisotopic (exact) mass is 285 g/mol. The summed E-state index contributed by atoms with van der Waals surface area (Å²) < 4.78 is 5.32. The Kier molecular flexibility index (Phi) is 6.95. The topological polar surface area (TPSA) is 70.7 Å². The van der Waals surface area contributed by atoms with Gasteiger partial charge < -0.3 is 20.3 Å². The van der Waals surface area contributed by atoms with E-state index in [1.165, 1.54) is 4.90 Å². The van der Waals surface area contributed by atoms with E-state index < -0.39 is 6.04 Å². The van der Waals surface area contributed by atoms with Crippen molar-refractivity contribution in [3.05, 3.63) is 0 Å². The molecule has 0 bridgehead atoms. The first-order valence-electron chi connectivity index (χ1n) is 7.21. The van der Waals surface area contributed by atoms with Gasteiger partial charge in [0, 0.05) is 33.1 Å². The Labute approximate surface area is 121 Å². The number of carbonyl (C=O) groups is 2. The lowest BCUT2D eigenvalue weighted by Gasteiger charge is -2.26. The zero-order valence-electron chi connectivity index (χ0n) is 12.9. The van der Waals surface area contributed by atoms with E-state index in [9.17, 15) is 9.59 Å². The Balaban J connectivity index is 2.50. The van der Waals surface area contributed by atoms with Crippen molar-refractivity contribution < 1.29 is 14.3 Å². The highest BCUT2D eigenvalue weighted by Crippen LogP contribution is 2.08. The molecule has 0 spiro atoms. The molecule has 1 aliphatic rings. The molecular weight excluding hydrogens is 258 g/mol. The van der Waals surface area contributed by atoms with Crippen molar-refractivity contribution >= 4 is 11.8 Å². The predicted molar refractivity (Wildman–Crippen MR) is 77.3 cm³/mol. The molecular formula is C14H27N3O3. The number of hydrogen-bond acceptors (Lipinski definition) is 4. The number of amides is 2. The summed E-state index contributed by atoms with van der Waals surface area (Å²) in [5.74, 6) is 0.189. The molecule has 2 N–H and O–H groups in total. The molecule has 2 amide bonds. The van der Waals surface area contributed by atoms with Gasteiger partial charge in [-0.3, -0.25) is 9.59 Å². The maximum absolute atomic E-state index is 12.1. The van der Waals surface area contributed by atoms with Crippen LogP contribution < -0.4 is 10.6 Å². The van der Waals surface area contributed by atoms with Gasteiger partial charge in [0.2, 0.25) is 11.8 Å². The number of nitrogens with one attached hydrogen (secondary N) is 2. The van der Waals surface area contributed by atoms with Gasteiger partial charge in [0.1, 0.15) is 6.04 Å². The molecule has 0 aromatic rings. The van der Waals surface area contributed by atoms with Gasteiger partial charge >= 0.3 is 0 Å². The number of likely N-dealkylation sites (N-methyl/N-ethyl adjacent to an activating group) is 1. The fraction of sp³-hybridized carbons (Fsp3) is 0.857. The normalized spacial score (nSPS) is 20.6. The maximum Gasteiger partial charge on any atom is 0.244 e. The molecule has 116 valence electrons. The van der Waals surface area contributed by atoms with Crippen LogP contribution in [0.2, 0.25) is 0 Å². The lowest BCUT2D eigenvalue weighted by molar-refractivity contribution is -0.135. The number of rotatable bonds is 6. The molecule has 6 nitrogen and oxygen atoms in total. The molecule has 6 heteroatoms. The van der Waals surface area contributed by atoms with Gasteiger partial charge in [0.05, 0.1) is 13.2 Å². The van der Waals surface area contributed by atoms with Crippen molar-refractivity contribution in [2.24, 2.45) is 5.92 Å². The lowest BCUT2D eigenvalue weighted by atomic mass is 10.0. The van der Waals surface area contributed by atoms with Gasteiger partial charge in [0.25, 0.3) is 0 Å². The van der Waals surface area contributed by atoms with E-state index in [0.717, 1.165) is 6.54 Å². The minimum absolute atomic E-state index is 0.0397. The number of morpholine rings is 1. The van der Waals surface area contributed by atoms with Crippen LogP contribution in [0.1, 0.15) is 26.7 Å². The highest BCUT2D eigenvalue weighted by atomic mass is 16.5. The van der Waals surface area contributed by atoms with E-state index in [-0.39, 0.29) is 17.9 Å². The second-order valence-electron chi connectivity index (χ2n) is 5.91. The summed E-state index contributed by atoms with van der Waals surface area (Å²) in [7, 11) is 3.41. The Hall–Kier alpha value is -1.14. The van der Waals surface area contributed by atoms with Gasteiger partial charge in [-0.1, -0.05) is 13.8 Å². The maximum atomic E-state index is 12.1. The summed E-state index contributed by atoms with van der Waals surface area (Å²) in [4.78, 5) is 25.7. The van der Waals surface area contributed by atoms with E-state index in [1.807, 2.05) is 13.8 Å². The molecule has 1 fully saturated rings. The SMILES string of the molecule is CC(C)CC(NC(=O)CC1COCCN1)C(=O)N(C)C. The molecule has 0 radical (unpaired) electrons. The van der Waals surface area contributed by atoms with Gasteiger partial charge in [-0.2, -0.15) is 0 Å². The van der Waals surface area contributed by atoms with Gasteiger partial charge in [-0.25, -0.2) is 0 Å². The number of carbonyl (C=O) groups excluding carboxylic acids is 2. The van der Waals surface area contributed by atoms with Crippen molar-refractivity contribution in [3.8, 4) is 0 Å². The Morgan fingerprint density at radius 2 is 2.10 bits per heavy atom. The highest BCUT2D eigenvalue weighted by molar-refractivity contribution is 5.87. The molecule has 0 aromatic heterocycles. The Bertz CT molecular complexity index is 326. The molecule has 1 saturated heterocycles. The summed E-state index contributed by atoms with van der Waals surface area (Å²) in [5.41, 5.74) is 0. The van der Waals surface area contributed by atoms with Crippen LogP contribution >= 0.6 is 0 Å². The number of nitrogens with zero attached hydrogens (tertiary/aromatic N) is 1. The summed E-state index contributed by atoms with van der Waals surface area (Å²) >= 11 is 0. The molecule has 2 atom stereocenters. The van der Waals surface area contributed by atoms with Gasteiger partial charge in [-0.05, 0) is 12.3 Å². The summed E-state index contributed by atoms with van der Waals surface area (Å²) in [5, 5.41) is 6.09. The summed E-state index contributed by atoms with van der Waals surface area (Å²) in [6.45, 7) is 6.08. The zero-order valence-corrected chi connectivity index (χ0v) is 12.9. The van der Waals surface area contributed by atoms with E-state index in [4.69, 9.17) is 4.74 Å². The molecule has 1 heterocycles. The predicted octanol–water partition coefficient (Wildman–Crippen LogP) is -0.0160. The van der Waals surface area contributed by atoms with Crippen molar-refractivity contribution in [2.45, 2.75) is 38.8 Å².